The number of benzene rings is 6. The van der Waals surface area contributed by atoms with Crippen LogP contribution in [0.4, 0.5) is 0 Å². The summed E-state index contributed by atoms with van der Waals surface area (Å²) in [6, 6.07) is 57.3. The van der Waals surface area contributed by atoms with Gasteiger partial charge in [0.05, 0.1) is 0 Å². The van der Waals surface area contributed by atoms with E-state index in [1.165, 1.54) is 0 Å². The van der Waals surface area contributed by atoms with E-state index < -0.39 is 0 Å². The molecule has 0 heterocycles. The zero-order valence-corrected chi connectivity index (χ0v) is 24.1. The molecule has 0 aliphatic heterocycles. The van der Waals surface area contributed by atoms with Crippen LogP contribution in [0.25, 0.3) is 22.3 Å². The molecule has 44 heavy (non-hydrogen) atoms. The van der Waals surface area contributed by atoms with Gasteiger partial charge in [-0.05, 0) is 55.7 Å². The van der Waals surface area contributed by atoms with Crippen LogP contribution >= 0.6 is 0 Å². The summed E-state index contributed by atoms with van der Waals surface area (Å²) >= 11 is 0. The molecule has 0 aliphatic carbocycles. The Morgan fingerprint density at radius 3 is 0.818 bits per heavy atom. The van der Waals surface area contributed by atoms with E-state index in [1.54, 1.807) is 0 Å². The lowest BCUT2D eigenvalue weighted by Gasteiger charge is -2.24. The molecule has 0 spiro atoms. The highest BCUT2D eigenvalue weighted by Gasteiger charge is 2.24. The van der Waals surface area contributed by atoms with Crippen LogP contribution in [0.5, 0.6) is 0 Å². The van der Waals surface area contributed by atoms with E-state index in [4.69, 9.17) is 0 Å². The van der Waals surface area contributed by atoms with E-state index in [0.29, 0.717) is 11.1 Å². The highest BCUT2D eigenvalue weighted by Crippen LogP contribution is 2.46. The SMILES string of the molecule is O=Cc1ccc(/C(=C(\C(=C(/c2ccccc2)c2ccc(C=O)cc2)c2ccccc2)c2ccccc2)c2ccccc2)cc1. The van der Waals surface area contributed by atoms with Gasteiger partial charge in [-0.1, -0.05) is 170 Å². The van der Waals surface area contributed by atoms with E-state index in [0.717, 1.165) is 68.2 Å². The Balaban J connectivity index is 1.85. The molecule has 0 N–H and O–H groups in total. The zero-order valence-electron chi connectivity index (χ0n) is 24.1. The van der Waals surface area contributed by atoms with Crippen molar-refractivity contribution in [3.8, 4) is 0 Å². The Hall–Kier alpha value is -5.86. The molecule has 210 valence electrons. The van der Waals surface area contributed by atoms with Crippen molar-refractivity contribution in [3.05, 3.63) is 214 Å². The maximum atomic E-state index is 11.6. The van der Waals surface area contributed by atoms with Gasteiger partial charge in [-0.15, -0.1) is 0 Å². The minimum absolute atomic E-state index is 0.626. The summed E-state index contributed by atoms with van der Waals surface area (Å²) in [5, 5.41) is 0. The molecule has 2 nitrogen and oxygen atoms in total. The fourth-order valence-corrected chi connectivity index (χ4v) is 5.61. The number of aldehydes is 2. The molecular formula is C42H30O2. The zero-order chi connectivity index (χ0) is 30.1. The van der Waals surface area contributed by atoms with E-state index in [-0.39, 0.29) is 0 Å². The van der Waals surface area contributed by atoms with Gasteiger partial charge in [0, 0.05) is 11.1 Å². The fourth-order valence-electron chi connectivity index (χ4n) is 5.61. The van der Waals surface area contributed by atoms with Crippen LogP contribution in [-0.4, -0.2) is 12.6 Å². The molecule has 0 radical (unpaired) electrons. The summed E-state index contributed by atoms with van der Waals surface area (Å²) in [7, 11) is 0. The first-order chi connectivity index (χ1) is 21.8. The highest BCUT2D eigenvalue weighted by molar-refractivity contribution is 6.25. The summed E-state index contributed by atoms with van der Waals surface area (Å²) in [5.74, 6) is 0. The Bertz CT molecular complexity index is 1770. The molecular weight excluding hydrogens is 536 g/mol. The molecule has 0 fully saturated rings. The van der Waals surface area contributed by atoms with Crippen molar-refractivity contribution in [2.24, 2.45) is 0 Å². The van der Waals surface area contributed by atoms with Crippen molar-refractivity contribution < 1.29 is 9.59 Å². The van der Waals surface area contributed by atoms with Gasteiger partial charge < -0.3 is 0 Å². The molecule has 0 unspecified atom stereocenters. The molecule has 0 atom stereocenters. The Labute approximate surface area is 258 Å². The molecule has 0 saturated carbocycles. The number of carbonyl (C=O) groups excluding carboxylic acids is 2. The Kier molecular flexibility index (Phi) is 8.62. The average molecular weight is 567 g/mol. The minimum Gasteiger partial charge on any atom is -0.298 e. The van der Waals surface area contributed by atoms with Gasteiger partial charge in [-0.2, -0.15) is 0 Å². The van der Waals surface area contributed by atoms with Crippen molar-refractivity contribution in [2.45, 2.75) is 0 Å². The van der Waals surface area contributed by atoms with Crippen molar-refractivity contribution >= 4 is 34.9 Å². The Morgan fingerprint density at radius 1 is 0.295 bits per heavy atom. The number of hydrogen-bond acceptors (Lipinski definition) is 2. The van der Waals surface area contributed by atoms with Crippen LogP contribution in [0.2, 0.25) is 0 Å². The number of allylic oxidation sites excluding steroid dienone is 2. The molecule has 0 amide bonds. The third-order valence-electron chi connectivity index (χ3n) is 7.67. The lowest BCUT2D eigenvalue weighted by molar-refractivity contribution is 0.111. The lowest BCUT2D eigenvalue weighted by atomic mass is 9.78. The maximum absolute atomic E-state index is 11.6. The third kappa shape index (κ3) is 6.01. The van der Waals surface area contributed by atoms with E-state index in [2.05, 4.69) is 97.1 Å². The number of hydrogen-bond donors (Lipinski definition) is 0. The Morgan fingerprint density at radius 2 is 0.545 bits per heavy atom. The summed E-state index contributed by atoms with van der Waals surface area (Å²) in [5.41, 5.74) is 11.7. The van der Waals surface area contributed by atoms with Crippen LogP contribution in [-0.2, 0) is 0 Å². The van der Waals surface area contributed by atoms with Crippen LogP contribution in [0.3, 0.4) is 0 Å². The van der Waals surface area contributed by atoms with Gasteiger partial charge in [0.2, 0.25) is 0 Å². The van der Waals surface area contributed by atoms with Gasteiger partial charge >= 0.3 is 0 Å². The molecule has 0 aliphatic rings. The molecule has 0 saturated heterocycles. The maximum Gasteiger partial charge on any atom is 0.150 e. The van der Waals surface area contributed by atoms with Gasteiger partial charge in [0.25, 0.3) is 0 Å². The fraction of sp³-hybridized carbons (Fsp3) is 0. The number of carbonyl (C=O) groups is 2. The first-order valence-corrected chi connectivity index (χ1v) is 14.6. The van der Waals surface area contributed by atoms with Gasteiger partial charge in [0.15, 0.2) is 0 Å². The predicted octanol–water partition coefficient (Wildman–Crippen LogP) is 9.93. The quantitative estimate of drug-likeness (QED) is 0.0991. The smallest absolute Gasteiger partial charge is 0.150 e. The first kappa shape index (κ1) is 28.3. The third-order valence-corrected chi connectivity index (χ3v) is 7.67. The monoisotopic (exact) mass is 566 g/mol. The molecule has 6 aromatic rings. The molecule has 0 aromatic heterocycles. The first-order valence-electron chi connectivity index (χ1n) is 14.6. The van der Waals surface area contributed by atoms with E-state index in [1.807, 2.05) is 72.8 Å². The summed E-state index contributed by atoms with van der Waals surface area (Å²) in [6.07, 6.45) is 1.75. The summed E-state index contributed by atoms with van der Waals surface area (Å²) < 4.78 is 0. The topological polar surface area (TPSA) is 34.1 Å². The molecule has 2 heteroatoms. The highest BCUT2D eigenvalue weighted by atomic mass is 16.1. The minimum atomic E-state index is 0.626. The predicted molar refractivity (Wildman–Crippen MR) is 181 cm³/mol. The molecule has 0 bridgehead atoms. The van der Waals surface area contributed by atoms with E-state index in [9.17, 15) is 9.59 Å². The van der Waals surface area contributed by atoms with Gasteiger partial charge in [-0.25, -0.2) is 0 Å². The molecule has 6 rings (SSSR count). The van der Waals surface area contributed by atoms with Crippen LogP contribution in [0, 0.1) is 0 Å². The van der Waals surface area contributed by atoms with Crippen LogP contribution in [0.15, 0.2) is 170 Å². The van der Waals surface area contributed by atoms with Crippen LogP contribution < -0.4 is 0 Å². The standard InChI is InChI=1S/C42H30O2/c43-29-31-21-25-37(26-22-31)39(33-13-5-1-6-14-33)41(35-17-9-3-10-18-35)42(36-19-11-4-12-20-36)40(34-15-7-2-8-16-34)38-27-23-32(30-44)24-28-38/h1-30H/b41-39-,42-40+. The van der Waals surface area contributed by atoms with Gasteiger partial charge in [-0.3, -0.25) is 9.59 Å². The van der Waals surface area contributed by atoms with E-state index >= 15 is 0 Å². The normalized spacial score (nSPS) is 12.1. The molecule has 6 aromatic carbocycles. The average Bonchev–Trinajstić information content (AvgIpc) is 3.11. The van der Waals surface area contributed by atoms with Crippen molar-refractivity contribution in [1.82, 2.24) is 0 Å². The lowest BCUT2D eigenvalue weighted by Crippen LogP contribution is -2.03. The second-order valence-electron chi connectivity index (χ2n) is 10.4. The largest absolute Gasteiger partial charge is 0.298 e. The second kappa shape index (κ2) is 13.4. The summed E-state index contributed by atoms with van der Waals surface area (Å²) in [6.45, 7) is 0. The van der Waals surface area contributed by atoms with Crippen molar-refractivity contribution in [1.29, 1.82) is 0 Å². The van der Waals surface area contributed by atoms with Crippen LogP contribution in [0.1, 0.15) is 54.1 Å². The number of rotatable bonds is 9. The second-order valence-corrected chi connectivity index (χ2v) is 10.4. The van der Waals surface area contributed by atoms with Gasteiger partial charge in [0.1, 0.15) is 12.6 Å². The summed E-state index contributed by atoms with van der Waals surface area (Å²) in [4.78, 5) is 23.2. The van der Waals surface area contributed by atoms with Crippen molar-refractivity contribution in [3.63, 3.8) is 0 Å². The van der Waals surface area contributed by atoms with Crippen molar-refractivity contribution in [2.75, 3.05) is 0 Å².